The average Bonchev–Trinajstić information content (AvgIpc) is 3.10. The number of hydrogen-bond acceptors (Lipinski definition) is 5. The molecule has 0 saturated carbocycles. The number of fused-ring (bicyclic) bond motifs is 1. The van der Waals surface area contributed by atoms with Gasteiger partial charge in [-0.15, -0.1) is 0 Å². The van der Waals surface area contributed by atoms with E-state index in [1.54, 1.807) is 47.4 Å². The molecular formula is C16H10N4O2. The van der Waals surface area contributed by atoms with Crippen LogP contribution in [0.5, 0.6) is 0 Å². The molecule has 0 aliphatic carbocycles. The first-order valence-corrected chi connectivity index (χ1v) is 6.66. The minimum atomic E-state index is -0.119. The van der Waals surface area contributed by atoms with Crippen molar-refractivity contribution in [2.24, 2.45) is 0 Å². The Morgan fingerprint density at radius 1 is 1.09 bits per heavy atom. The van der Waals surface area contributed by atoms with Crippen LogP contribution in [0.4, 0.5) is 0 Å². The van der Waals surface area contributed by atoms with Gasteiger partial charge in [0.2, 0.25) is 5.43 Å². The van der Waals surface area contributed by atoms with Gasteiger partial charge in [-0.05, 0) is 18.2 Å². The van der Waals surface area contributed by atoms with Crippen molar-refractivity contribution >= 4 is 11.0 Å². The first kappa shape index (κ1) is 12.5. The monoisotopic (exact) mass is 290 g/mol. The molecule has 6 heteroatoms. The van der Waals surface area contributed by atoms with Crippen molar-refractivity contribution in [3.63, 3.8) is 0 Å². The highest BCUT2D eigenvalue weighted by Crippen LogP contribution is 2.18. The first-order valence-electron chi connectivity index (χ1n) is 6.66. The van der Waals surface area contributed by atoms with Crippen molar-refractivity contribution in [2.75, 3.05) is 0 Å². The minimum absolute atomic E-state index is 0.119. The number of rotatable bonds is 2. The average molecular weight is 290 g/mol. The summed E-state index contributed by atoms with van der Waals surface area (Å²) in [5.41, 5.74) is 1.33. The van der Waals surface area contributed by atoms with Gasteiger partial charge in [-0.25, -0.2) is 14.6 Å². The second-order valence-corrected chi connectivity index (χ2v) is 4.69. The lowest BCUT2D eigenvalue weighted by atomic mass is 10.1. The van der Waals surface area contributed by atoms with Gasteiger partial charge in [0.25, 0.3) is 0 Å². The summed E-state index contributed by atoms with van der Waals surface area (Å²) in [6.45, 7) is 0. The van der Waals surface area contributed by atoms with E-state index in [9.17, 15) is 4.79 Å². The highest BCUT2D eigenvalue weighted by atomic mass is 16.3. The highest BCUT2D eigenvalue weighted by Gasteiger charge is 2.11. The summed E-state index contributed by atoms with van der Waals surface area (Å²) >= 11 is 0. The van der Waals surface area contributed by atoms with Crippen LogP contribution >= 0.6 is 0 Å². The molecule has 0 unspecified atom stereocenters. The zero-order valence-electron chi connectivity index (χ0n) is 11.4. The van der Waals surface area contributed by atoms with Crippen LogP contribution in [0.3, 0.4) is 0 Å². The third kappa shape index (κ3) is 1.98. The van der Waals surface area contributed by atoms with E-state index in [1.807, 2.05) is 6.07 Å². The first-order chi connectivity index (χ1) is 10.8. The lowest BCUT2D eigenvalue weighted by molar-refractivity contribution is 0.604. The highest BCUT2D eigenvalue weighted by molar-refractivity contribution is 5.80. The van der Waals surface area contributed by atoms with Crippen LogP contribution in [0.15, 0.2) is 70.6 Å². The largest absolute Gasteiger partial charge is 0.463 e. The normalized spacial score (nSPS) is 10.9. The maximum Gasteiger partial charge on any atom is 0.202 e. The molecule has 0 amide bonds. The molecule has 0 fully saturated rings. The van der Waals surface area contributed by atoms with E-state index in [-0.39, 0.29) is 5.43 Å². The molecule has 4 rings (SSSR count). The van der Waals surface area contributed by atoms with Crippen molar-refractivity contribution < 1.29 is 4.42 Å². The zero-order chi connectivity index (χ0) is 14.9. The summed E-state index contributed by atoms with van der Waals surface area (Å²) in [5, 5.41) is 4.65. The Hall–Kier alpha value is -3.28. The standard InChI is InChI=1S/C16H10N4O2/c21-16-11-4-1-2-5-14(11)22-9-12(16)13-8-15(18-10-17-13)20-7-3-6-19-20/h1-10H. The van der Waals surface area contributed by atoms with E-state index >= 15 is 0 Å². The van der Waals surface area contributed by atoms with Gasteiger partial charge in [-0.1, -0.05) is 12.1 Å². The topological polar surface area (TPSA) is 73.8 Å². The molecule has 4 aromatic rings. The summed E-state index contributed by atoms with van der Waals surface area (Å²) < 4.78 is 7.13. The predicted molar refractivity (Wildman–Crippen MR) is 80.6 cm³/mol. The van der Waals surface area contributed by atoms with Gasteiger partial charge in [-0.3, -0.25) is 4.79 Å². The van der Waals surface area contributed by atoms with Crippen molar-refractivity contribution in [3.05, 3.63) is 71.6 Å². The van der Waals surface area contributed by atoms with E-state index in [2.05, 4.69) is 15.1 Å². The van der Waals surface area contributed by atoms with Crippen molar-refractivity contribution in [1.82, 2.24) is 19.7 Å². The van der Waals surface area contributed by atoms with Crippen LogP contribution < -0.4 is 5.43 Å². The van der Waals surface area contributed by atoms with Gasteiger partial charge < -0.3 is 4.42 Å². The molecule has 0 bridgehead atoms. The van der Waals surface area contributed by atoms with Gasteiger partial charge in [0.15, 0.2) is 5.82 Å². The second-order valence-electron chi connectivity index (χ2n) is 4.69. The molecule has 3 aromatic heterocycles. The Kier molecular flexibility index (Phi) is 2.79. The molecule has 0 radical (unpaired) electrons. The van der Waals surface area contributed by atoms with Gasteiger partial charge in [-0.2, -0.15) is 5.10 Å². The maximum atomic E-state index is 12.6. The summed E-state index contributed by atoms with van der Waals surface area (Å²) in [6.07, 6.45) is 6.27. The Morgan fingerprint density at radius 2 is 2.00 bits per heavy atom. The molecule has 6 nitrogen and oxygen atoms in total. The van der Waals surface area contributed by atoms with E-state index in [4.69, 9.17) is 4.42 Å². The number of aromatic nitrogens is 4. The maximum absolute atomic E-state index is 12.6. The number of benzene rings is 1. The fourth-order valence-corrected chi connectivity index (χ4v) is 2.28. The van der Waals surface area contributed by atoms with Crippen LogP contribution in [-0.2, 0) is 0 Å². The Morgan fingerprint density at radius 3 is 2.86 bits per heavy atom. The SMILES string of the molecule is O=c1c(-c2cc(-n3cccn3)ncn2)coc2ccccc12. The van der Waals surface area contributed by atoms with Crippen LogP contribution in [0.1, 0.15) is 0 Å². The Labute approximate surface area is 124 Å². The van der Waals surface area contributed by atoms with E-state index < -0.39 is 0 Å². The van der Waals surface area contributed by atoms with Crippen LogP contribution in [0.2, 0.25) is 0 Å². The molecule has 0 aliphatic heterocycles. The molecule has 1 aromatic carbocycles. The number of nitrogens with zero attached hydrogens (tertiary/aromatic N) is 4. The molecule has 0 saturated heterocycles. The molecular weight excluding hydrogens is 280 g/mol. The molecule has 106 valence electrons. The lowest BCUT2D eigenvalue weighted by Gasteiger charge is -2.04. The smallest absolute Gasteiger partial charge is 0.202 e. The fourth-order valence-electron chi connectivity index (χ4n) is 2.28. The van der Waals surface area contributed by atoms with Gasteiger partial charge in [0.05, 0.1) is 16.6 Å². The quantitative estimate of drug-likeness (QED) is 0.567. The van der Waals surface area contributed by atoms with Crippen molar-refractivity contribution in [1.29, 1.82) is 0 Å². The zero-order valence-corrected chi connectivity index (χ0v) is 11.4. The van der Waals surface area contributed by atoms with Crippen LogP contribution in [0.25, 0.3) is 28.0 Å². The third-order valence-electron chi connectivity index (χ3n) is 3.35. The van der Waals surface area contributed by atoms with Crippen molar-refractivity contribution in [2.45, 2.75) is 0 Å². The van der Waals surface area contributed by atoms with E-state index in [1.165, 1.54) is 12.6 Å². The van der Waals surface area contributed by atoms with Crippen LogP contribution in [-0.4, -0.2) is 19.7 Å². The number of para-hydroxylation sites is 1. The molecule has 3 heterocycles. The van der Waals surface area contributed by atoms with Gasteiger partial charge in [0, 0.05) is 18.5 Å². The summed E-state index contributed by atoms with van der Waals surface area (Å²) in [6, 6.07) is 10.6. The minimum Gasteiger partial charge on any atom is -0.463 e. The van der Waals surface area contributed by atoms with E-state index in [0.29, 0.717) is 28.0 Å². The molecule has 0 aliphatic rings. The van der Waals surface area contributed by atoms with Crippen molar-refractivity contribution in [3.8, 4) is 17.1 Å². The summed E-state index contributed by atoms with van der Waals surface area (Å²) in [5.74, 6) is 0.586. The second kappa shape index (κ2) is 4.92. The molecule has 0 spiro atoms. The van der Waals surface area contributed by atoms with Gasteiger partial charge >= 0.3 is 0 Å². The lowest BCUT2D eigenvalue weighted by Crippen LogP contribution is -2.07. The summed E-state index contributed by atoms with van der Waals surface area (Å²) in [7, 11) is 0. The van der Waals surface area contributed by atoms with E-state index in [0.717, 1.165) is 0 Å². The molecule has 22 heavy (non-hydrogen) atoms. The third-order valence-corrected chi connectivity index (χ3v) is 3.35. The molecule has 0 N–H and O–H groups in total. The Balaban J connectivity index is 1.91. The fraction of sp³-hybridized carbons (Fsp3) is 0. The summed E-state index contributed by atoms with van der Waals surface area (Å²) in [4.78, 5) is 20.9. The van der Waals surface area contributed by atoms with Crippen LogP contribution in [0, 0.1) is 0 Å². The molecule has 0 atom stereocenters. The number of hydrogen-bond donors (Lipinski definition) is 0. The van der Waals surface area contributed by atoms with Gasteiger partial charge in [0.1, 0.15) is 18.2 Å². The predicted octanol–water partition coefficient (Wildman–Crippen LogP) is 2.44. The Bertz CT molecular complexity index is 1010.